The average Bonchev–Trinajstić information content (AvgIpc) is 2.39. The van der Waals surface area contributed by atoms with Gasteiger partial charge >= 0.3 is 0 Å². The lowest BCUT2D eigenvalue weighted by Gasteiger charge is -2.11. The van der Waals surface area contributed by atoms with Crippen LogP contribution in [0.4, 0.5) is 0 Å². The fourth-order valence-corrected chi connectivity index (χ4v) is 2.45. The van der Waals surface area contributed by atoms with Crippen LogP contribution in [0.25, 0.3) is 0 Å². The van der Waals surface area contributed by atoms with E-state index in [2.05, 4.69) is 0 Å². The van der Waals surface area contributed by atoms with Gasteiger partial charge in [0.15, 0.2) is 0 Å². The summed E-state index contributed by atoms with van der Waals surface area (Å²) in [6.07, 6.45) is 0. The summed E-state index contributed by atoms with van der Waals surface area (Å²) in [6, 6.07) is 13.7. The van der Waals surface area contributed by atoms with Crippen LogP contribution < -0.4 is 5.19 Å². The van der Waals surface area contributed by atoms with Crippen molar-refractivity contribution >= 4 is 14.9 Å². The molecule has 18 heavy (non-hydrogen) atoms. The summed E-state index contributed by atoms with van der Waals surface area (Å²) in [5.41, 5.74) is 3.17. The maximum Gasteiger partial charge on any atom is 0.269 e. The molecular formula is C15H16O2Si. The van der Waals surface area contributed by atoms with Crippen LogP contribution in [-0.4, -0.2) is 14.9 Å². The minimum Gasteiger partial charge on any atom is -0.508 e. The van der Waals surface area contributed by atoms with Gasteiger partial charge in [-0.2, -0.15) is 0 Å². The van der Waals surface area contributed by atoms with Gasteiger partial charge in [0, 0.05) is 5.56 Å². The number of phenolic OH excluding ortho intramolecular Hbond substituents is 1. The van der Waals surface area contributed by atoms with E-state index in [1.54, 1.807) is 6.07 Å². The Morgan fingerprint density at radius 3 is 2.50 bits per heavy atom. The first-order chi connectivity index (χ1) is 8.68. The summed E-state index contributed by atoms with van der Waals surface area (Å²) < 4.78 is 5.69. The smallest absolute Gasteiger partial charge is 0.269 e. The Morgan fingerprint density at radius 1 is 1.06 bits per heavy atom. The molecule has 1 N–H and O–H groups in total. The van der Waals surface area contributed by atoms with Crippen molar-refractivity contribution in [1.29, 1.82) is 0 Å². The third-order valence-corrected chi connectivity index (χ3v) is 3.88. The Morgan fingerprint density at radius 2 is 1.78 bits per heavy atom. The summed E-state index contributed by atoms with van der Waals surface area (Å²) in [5, 5.41) is 11.0. The van der Waals surface area contributed by atoms with Crippen molar-refractivity contribution in [3.05, 3.63) is 59.2 Å². The number of aromatic hydroxyl groups is 1. The van der Waals surface area contributed by atoms with E-state index in [0.29, 0.717) is 22.1 Å². The van der Waals surface area contributed by atoms with Crippen LogP contribution in [0.5, 0.6) is 5.75 Å². The van der Waals surface area contributed by atoms with Crippen molar-refractivity contribution in [2.24, 2.45) is 0 Å². The Bertz CT molecular complexity index is 524. The highest BCUT2D eigenvalue weighted by atomic mass is 28.2. The van der Waals surface area contributed by atoms with Crippen LogP contribution in [-0.2, 0) is 11.0 Å². The van der Waals surface area contributed by atoms with E-state index >= 15 is 0 Å². The van der Waals surface area contributed by atoms with Crippen molar-refractivity contribution in [1.82, 2.24) is 0 Å². The zero-order valence-electron chi connectivity index (χ0n) is 10.6. The molecule has 2 radical (unpaired) electrons. The molecule has 0 saturated heterocycles. The lowest BCUT2D eigenvalue weighted by atomic mass is 10.0. The number of hydrogen-bond acceptors (Lipinski definition) is 2. The molecule has 0 aliphatic rings. The number of phenols is 1. The van der Waals surface area contributed by atoms with Gasteiger partial charge in [-0.25, -0.2) is 0 Å². The molecule has 0 fully saturated rings. The Hall–Kier alpha value is -1.58. The largest absolute Gasteiger partial charge is 0.508 e. The first kappa shape index (κ1) is 12.9. The van der Waals surface area contributed by atoms with Crippen molar-refractivity contribution in [2.45, 2.75) is 20.5 Å². The van der Waals surface area contributed by atoms with Gasteiger partial charge in [-0.3, -0.25) is 0 Å². The topological polar surface area (TPSA) is 29.5 Å². The second-order valence-electron chi connectivity index (χ2n) is 4.26. The van der Waals surface area contributed by atoms with E-state index in [0.717, 1.165) is 11.1 Å². The van der Waals surface area contributed by atoms with Gasteiger partial charge in [0.25, 0.3) is 9.76 Å². The molecule has 0 amide bonds. The molecule has 0 saturated carbocycles. The van der Waals surface area contributed by atoms with Crippen LogP contribution >= 0.6 is 0 Å². The van der Waals surface area contributed by atoms with Crippen molar-refractivity contribution < 1.29 is 9.53 Å². The first-order valence-corrected chi connectivity index (χ1v) is 6.80. The van der Waals surface area contributed by atoms with E-state index in [9.17, 15) is 5.11 Å². The molecule has 3 heteroatoms. The molecule has 0 aromatic heterocycles. The van der Waals surface area contributed by atoms with Gasteiger partial charge in [0.1, 0.15) is 5.75 Å². The van der Waals surface area contributed by atoms with E-state index in [-0.39, 0.29) is 0 Å². The monoisotopic (exact) mass is 256 g/mol. The third kappa shape index (κ3) is 3.00. The average molecular weight is 256 g/mol. The van der Waals surface area contributed by atoms with E-state index < -0.39 is 0 Å². The second kappa shape index (κ2) is 5.84. The highest BCUT2D eigenvalue weighted by Gasteiger charge is 2.07. The van der Waals surface area contributed by atoms with Crippen LogP contribution in [0.15, 0.2) is 42.5 Å². The normalized spacial score (nSPS) is 10.6. The molecule has 2 nitrogen and oxygen atoms in total. The van der Waals surface area contributed by atoms with Gasteiger partial charge in [-0.1, -0.05) is 36.4 Å². The van der Waals surface area contributed by atoms with Crippen molar-refractivity contribution in [2.75, 3.05) is 0 Å². The molecule has 2 rings (SSSR count). The lowest BCUT2D eigenvalue weighted by Crippen LogP contribution is -2.17. The molecule has 0 atom stereocenters. The Kier molecular flexibility index (Phi) is 4.18. The lowest BCUT2D eigenvalue weighted by molar-refractivity contribution is 0.320. The molecule has 0 heterocycles. The highest BCUT2D eigenvalue weighted by molar-refractivity contribution is 6.46. The van der Waals surface area contributed by atoms with Gasteiger partial charge in [0.05, 0.1) is 6.61 Å². The molecular weight excluding hydrogens is 240 g/mol. The number of hydrogen-bond donors (Lipinski definition) is 1. The fraction of sp³-hybridized carbons (Fsp3) is 0.200. The molecule has 0 spiro atoms. The number of benzene rings is 2. The van der Waals surface area contributed by atoms with Crippen molar-refractivity contribution in [3.8, 4) is 5.75 Å². The predicted octanol–water partition coefficient (Wildman–Crippen LogP) is 2.47. The standard InChI is InChI=1S/C15H16O2Si/c1-11-8-9-15(16)14(12(11)2)10-17-18-13-6-4-3-5-7-13/h3-9,16H,10H2,1-2H3. The van der Waals surface area contributed by atoms with Crippen LogP contribution in [0.1, 0.15) is 16.7 Å². The zero-order valence-corrected chi connectivity index (χ0v) is 11.6. The second-order valence-corrected chi connectivity index (χ2v) is 5.33. The quantitative estimate of drug-likeness (QED) is 0.852. The summed E-state index contributed by atoms with van der Waals surface area (Å²) in [6.45, 7) is 4.50. The van der Waals surface area contributed by atoms with Gasteiger partial charge in [0.2, 0.25) is 0 Å². The highest BCUT2D eigenvalue weighted by Crippen LogP contribution is 2.24. The summed E-state index contributed by atoms with van der Waals surface area (Å²) in [7, 11) is 0.308. The Balaban J connectivity index is 2.01. The van der Waals surface area contributed by atoms with E-state index in [1.165, 1.54) is 10.8 Å². The molecule has 0 aliphatic heterocycles. The molecule has 2 aromatic rings. The van der Waals surface area contributed by atoms with Crippen molar-refractivity contribution in [3.63, 3.8) is 0 Å². The SMILES string of the molecule is Cc1ccc(O)c(CO[Si]c2ccccc2)c1C. The number of rotatable bonds is 4. The summed E-state index contributed by atoms with van der Waals surface area (Å²) in [4.78, 5) is 0. The molecule has 0 bridgehead atoms. The minimum atomic E-state index is 0.308. The molecule has 92 valence electrons. The maximum absolute atomic E-state index is 9.84. The van der Waals surface area contributed by atoms with E-state index in [4.69, 9.17) is 4.43 Å². The summed E-state index contributed by atoms with van der Waals surface area (Å²) in [5.74, 6) is 0.316. The fourth-order valence-electron chi connectivity index (χ4n) is 1.74. The van der Waals surface area contributed by atoms with Gasteiger partial charge in [-0.05, 0) is 36.2 Å². The predicted molar refractivity (Wildman–Crippen MR) is 74.2 cm³/mol. The van der Waals surface area contributed by atoms with Crippen LogP contribution in [0.3, 0.4) is 0 Å². The third-order valence-electron chi connectivity index (χ3n) is 3.02. The van der Waals surface area contributed by atoms with Gasteiger partial charge < -0.3 is 9.53 Å². The first-order valence-electron chi connectivity index (χ1n) is 5.89. The maximum atomic E-state index is 9.84. The molecule has 0 aliphatic carbocycles. The minimum absolute atomic E-state index is 0.308. The number of aryl methyl sites for hydroxylation is 1. The molecule has 2 aromatic carbocycles. The Labute approximate surface area is 110 Å². The molecule has 0 unspecified atom stereocenters. The summed E-state index contributed by atoms with van der Waals surface area (Å²) >= 11 is 0. The zero-order chi connectivity index (χ0) is 13.0. The van der Waals surface area contributed by atoms with Gasteiger partial charge in [-0.15, -0.1) is 0 Å². The van der Waals surface area contributed by atoms with Crippen LogP contribution in [0, 0.1) is 13.8 Å². The van der Waals surface area contributed by atoms with E-state index in [1.807, 2.05) is 50.2 Å². The van der Waals surface area contributed by atoms with Crippen LogP contribution in [0.2, 0.25) is 0 Å².